The monoisotopic (exact) mass is 191 g/mol. The molecule has 1 aromatic carbocycles. The zero-order valence-electron chi connectivity index (χ0n) is 9.51. The summed E-state index contributed by atoms with van der Waals surface area (Å²) in [6.45, 7) is 7.52. The van der Waals surface area contributed by atoms with Gasteiger partial charge in [-0.25, -0.2) is 0 Å². The van der Waals surface area contributed by atoms with Crippen LogP contribution in [0.3, 0.4) is 0 Å². The van der Waals surface area contributed by atoms with Crippen LogP contribution >= 0.6 is 0 Å². The highest BCUT2D eigenvalue weighted by atomic mass is 14.5. The molecule has 2 N–H and O–H groups in total. The van der Waals surface area contributed by atoms with Gasteiger partial charge in [0.1, 0.15) is 0 Å². The Bertz CT molecular complexity index is 289. The summed E-state index contributed by atoms with van der Waals surface area (Å²) in [5.74, 6) is 0. The van der Waals surface area contributed by atoms with Gasteiger partial charge in [0.25, 0.3) is 0 Å². The Kier molecular flexibility index (Phi) is 3.70. The summed E-state index contributed by atoms with van der Waals surface area (Å²) in [7, 11) is 0. The highest BCUT2D eigenvalue weighted by molar-refractivity contribution is 5.26. The number of hydrogen-bond donors (Lipinski definition) is 1. The second-order valence-electron chi connectivity index (χ2n) is 4.81. The predicted molar refractivity (Wildman–Crippen MR) is 62.3 cm³/mol. The third kappa shape index (κ3) is 3.15. The van der Waals surface area contributed by atoms with Gasteiger partial charge in [-0.2, -0.15) is 0 Å². The normalized spacial score (nSPS) is 11.7. The standard InChI is InChI=1S/C13H21N/c1-11-6-4-5-7-12(11)10-13(2,3)8-9-14/h4-7H,8-10,14H2,1-3H3. The molecule has 0 radical (unpaired) electrons. The molecule has 0 aliphatic rings. The lowest BCUT2D eigenvalue weighted by atomic mass is 9.81. The molecule has 0 aliphatic carbocycles. The maximum atomic E-state index is 5.61. The van der Waals surface area contributed by atoms with Crippen molar-refractivity contribution in [3.8, 4) is 0 Å². The Morgan fingerprint density at radius 3 is 2.43 bits per heavy atom. The minimum absolute atomic E-state index is 0.320. The summed E-state index contributed by atoms with van der Waals surface area (Å²) in [6, 6.07) is 8.59. The van der Waals surface area contributed by atoms with Crippen LogP contribution < -0.4 is 5.73 Å². The quantitative estimate of drug-likeness (QED) is 0.778. The fraction of sp³-hybridized carbons (Fsp3) is 0.538. The van der Waals surface area contributed by atoms with Crippen molar-refractivity contribution in [3.63, 3.8) is 0 Å². The van der Waals surface area contributed by atoms with Crippen molar-refractivity contribution in [1.82, 2.24) is 0 Å². The Balaban J connectivity index is 2.73. The summed E-state index contributed by atoms with van der Waals surface area (Å²) in [5.41, 5.74) is 8.76. The molecule has 0 bridgehead atoms. The van der Waals surface area contributed by atoms with Gasteiger partial charge in [-0.05, 0) is 42.9 Å². The Hall–Kier alpha value is -0.820. The van der Waals surface area contributed by atoms with Crippen LogP contribution in [0, 0.1) is 12.3 Å². The summed E-state index contributed by atoms with van der Waals surface area (Å²) < 4.78 is 0. The van der Waals surface area contributed by atoms with E-state index in [2.05, 4.69) is 45.0 Å². The zero-order valence-corrected chi connectivity index (χ0v) is 9.51. The van der Waals surface area contributed by atoms with Crippen molar-refractivity contribution >= 4 is 0 Å². The molecule has 1 rings (SSSR count). The van der Waals surface area contributed by atoms with E-state index >= 15 is 0 Å². The van der Waals surface area contributed by atoms with E-state index in [0.717, 1.165) is 19.4 Å². The van der Waals surface area contributed by atoms with Crippen molar-refractivity contribution in [2.24, 2.45) is 11.1 Å². The van der Waals surface area contributed by atoms with Crippen molar-refractivity contribution in [2.75, 3.05) is 6.54 Å². The van der Waals surface area contributed by atoms with Crippen LogP contribution in [-0.2, 0) is 6.42 Å². The van der Waals surface area contributed by atoms with Crippen LogP contribution in [-0.4, -0.2) is 6.54 Å². The molecule has 0 amide bonds. The van der Waals surface area contributed by atoms with Gasteiger partial charge >= 0.3 is 0 Å². The van der Waals surface area contributed by atoms with E-state index in [9.17, 15) is 0 Å². The number of aryl methyl sites for hydroxylation is 1. The fourth-order valence-corrected chi connectivity index (χ4v) is 1.80. The number of hydrogen-bond acceptors (Lipinski definition) is 1. The molecule has 14 heavy (non-hydrogen) atoms. The van der Waals surface area contributed by atoms with E-state index in [4.69, 9.17) is 5.73 Å². The highest BCUT2D eigenvalue weighted by Crippen LogP contribution is 2.26. The minimum atomic E-state index is 0.320. The van der Waals surface area contributed by atoms with Crippen molar-refractivity contribution in [3.05, 3.63) is 35.4 Å². The predicted octanol–water partition coefficient (Wildman–Crippen LogP) is 2.91. The van der Waals surface area contributed by atoms with Crippen LogP contribution in [0.25, 0.3) is 0 Å². The molecule has 0 saturated carbocycles. The van der Waals surface area contributed by atoms with E-state index in [1.807, 2.05) is 0 Å². The number of rotatable bonds is 4. The smallest absolute Gasteiger partial charge is 0.00721 e. The zero-order chi connectivity index (χ0) is 10.6. The van der Waals surface area contributed by atoms with E-state index in [-0.39, 0.29) is 0 Å². The maximum Gasteiger partial charge on any atom is -0.00721 e. The van der Waals surface area contributed by atoms with E-state index in [1.165, 1.54) is 11.1 Å². The average molecular weight is 191 g/mol. The van der Waals surface area contributed by atoms with Crippen LogP contribution in [0.4, 0.5) is 0 Å². The van der Waals surface area contributed by atoms with Gasteiger partial charge < -0.3 is 5.73 Å². The number of nitrogens with two attached hydrogens (primary N) is 1. The Morgan fingerprint density at radius 2 is 1.86 bits per heavy atom. The summed E-state index contributed by atoms with van der Waals surface area (Å²) >= 11 is 0. The van der Waals surface area contributed by atoms with Gasteiger partial charge in [0.05, 0.1) is 0 Å². The molecular formula is C13H21N. The summed E-state index contributed by atoms with van der Waals surface area (Å²) in [5, 5.41) is 0. The van der Waals surface area contributed by atoms with Crippen molar-refractivity contribution in [2.45, 2.75) is 33.6 Å². The molecule has 0 unspecified atom stereocenters. The fourth-order valence-electron chi connectivity index (χ4n) is 1.80. The lowest BCUT2D eigenvalue weighted by Crippen LogP contribution is -2.20. The molecule has 1 aromatic rings. The largest absolute Gasteiger partial charge is 0.330 e. The van der Waals surface area contributed by atoms with Crippen LogP contribution in [0.1, 0.15) is 31.4 Å². The molecular weight excluding hydrogens is 170 g/mol. The summed E-state index contributed by atoms with van der Waals surface area (Å²) in [4.78, 5) is 0. The molecule has 0 spiro atoms. The molecule has 0 fully saturated rings. The first-order valence-corrected chi connectivity index (χ1v) is 5.30. The van der Waals surface area contributed by atoms with Gasteiger partial charge in [0, 0.05) is 0 Å². The van der Waals surface area contributed by atoms with Gasteiger partial charge in [-0.15, -0.1) is 0 Å². The van der Waals surface area contributed by atoms with Gasteiger partial charge in [0.2, 0.25) is 0 Å². The molecule has 78 valence electrons. The van der Waals surface area contributed by atoms with Crippen LogP contribution in [0.2, 0.25) is 0 Å². The first-order chi connectivity index (χ1) is 6.55. The molecule has 0 saturated heterocycles. The third-order valence-electron chi connectivity index (χ3n) is 2.75. The van der Waals surface area contributed by atoms with Gasteiger partial charge in [-0.3, -0.25) is 0 Å². The summed E-state index contributed by atoms with van der Waals surface area (Å²) in [6.07, 6.45) is 2.21. The lowest BCUT2D eigenvalue weighted by Gasteiger charge is -2.24. The van der Waals surface area contributed by atoms with E-state index < -0.39 is 0 Å². The molecule has 0 heterocycles. The Labute approximate surface area is 87.3 Å². The topological polar surface area (TPSA) is 26.0 Å². The maximum absolute atomic E-state index is 5.61. The Morgan fingerprint density at radius 1 is 1.21 bits per heavy atom. The minimum Gasteiger partial charge on any atom is -0.330 e. The van der Waals surface area contributed by atoms with Gasteiger partial charge in [-0.1, -0.05) is 38.1 Å². The lowest BCUT2D eigenvalue weighted by molar-refractivity contribution is 0.338. The van der Waals surface area contributed by atoms with Crippen LogP contribution in [0.15, 0.2) is 24.3 Å². The molecule has 1 heteroatoms. The second kappa shape index (κ2) is 4.61. The third-order valence-corrected chi connectivity index (χ3v) is 2.75. The average Bonchev–Trinajstić information content (AvgIpc) is 2.08. The first-order valence-electron chi connectivity index (χ1n) is 5.30. The SMILES string of the molecule is Cc1ccccc1CC(C)(C)CCN. The van der Waals surface area contributed by atoms with E-state index in [1.54, 1.807) is 0 Å². The molecule has 0 aliphatic heterocycles. The second-order valence-corrected chi connectivity index (χ2v) is 4.81. The molecule has 1 nitrogen and oxygen atoms in total. The van der Waals surface area contributed by atoms with Crippen molar-refractivity contribution in [1.29, 1.82) is 0 Å². The molecule has 0 atom stereocenters. The van der Waals surface area contributed by atoms with E-state index in [0.29, 0.717) is 5.41 Å². The van der Waals surface area contributed by atoms with Crippen molar-refractivity contribution < 1.29 is 0 Å². The van der Waals surface area contributed by atoms with Gasteiger partial charge in [0.15, 0.2) is 0 Å². The van der Waals surface area contributed by atoms with Crippen LogP contribution in [0.5, 0.6) is 0 Å². The number of benzene rings is 1. The molecule has 0 aromatic heterocycles. The highest BCUT2D eigenvalue weighted by Gasteiger charge is 2.17. The first kappa shape index (κ1) is 11.3.